The zero-order valence-corrected chi connectivity index (χ0v) is 24.0. The van der Waals surface area contributed by atoms with Crippen LogP contribution in [0.15, 0.2) is 71.8 Å². The zero-order chi connectivity index (χ0) is 28.1. The van der Waals surface area contributed by atoms with E-state index in [1.807, 2.05) is 18.3 Å². The lowest BCUT2D eigenvalue weighted by Crippen LogP contribution is -2.39. The molecule has 0 spiro atoms. The van der Waals surface area contributed by atoms with Crippen LogP contribution in [-0.2, 0) is 16.4 Å². The van der Waals surface area contributed by atoms with Crippen LogP contribution < -0.4 is 20.3 Å². The van der Waals surface area contributed by atoms with Crippen molar-refractivity contribution in [1.29, 1.82) is 0 Å². The molecule has 208 valence electrons. The van der Waals surface area contributed by atoms with E-state index in [0.717, 1.165) is 55.2 Å². The maximum Gasteiger partial charge on any atom is 0.175 e. The van der Waals surface area contributed by atoms with Crippen LogP contribution >= 0.6 is 0 Å². The maximum atomic E-state index is 11.9. The van der Waals surface area contributed by atoms with E-state index in [1.54, 1.807) is 12.1 Å². The minimum atomic E-state index is -3.31. The molecule has 5 rings (SSSR count). The minimum Gasteiger partial charge on any atom is -0.495 e. The second-order valence-electron chi connectivity index (χ2n) is 9.90. The summed E-state index contributed by atoms with van der Waals surface area (Å²) in [5, 5.41) is 8.21. The molecule has 0 radical (unpaired) electrons. The van der Waals surface area contributed by atoms with Crippen LogP contribution in [0.3, 0.4) is 0 Å². The van der Waals surface area contributed by atoms with Crippen LogP contribution in [0.25, 0.3) is 10.9 Å². The summed E-state index contributed by atoms with van der Waals surface area (Å²) in [4.78, 5) is 7.07. The molecule has 2 aromatic carbocycles. The summed E-state index contributed by atoms with van der Waals surface area (Å²) in [6.45, 7) is 5.29. The number of aryl methyl sites for hydroxylation is 1. The third-order valence-electron chi connectivity index (χ3n) is 7.27. The molecule has 4 aromatic rings. The van der Waals surface area contributed by atoms with Gasteiger partial charge < -0.3 is 24.8 Å². The topological polar surface area (TPSA) is 88.5 Å². The standard InChI is InChI=1S/C31H35N5O3S/c1-4-36-24(9-8-18-32-28-14-13-25(40(3,37)38)22-30(28)39-2)21-26-27(10-7-11-29(26)36)34-23-15-19-35(20-16-23)31-12-5-6-17-33-31/h5-7,10-14,17,21-23,32,34H,4,15-16,18-20H2,1-3H3. The summed E-state index contributed by atoms with van der Waals surface area (Å²) < 4.78 is 31.3. The number of piperidine rings is 1. The Bertz CT molecular complexity index is 1650. The van der Waals surface area contributed by atoms with Gasteiger partial charge in [-0.05, 0) is 68.2 Å². The van der Waals surface area contributed by atoms with E-state index in [4.69, 9.17) is 4.74 Å². The molecule has 1 aliphatic heterocycles. The van der Waals surface area contributed by atoms with Gasteiger partial charge in [0, 0.05) is 55.3 Å². The molecule has 0 saturated carbocycles. The Morgan fingerprint density at radius 1 is 1.05 bits per heavy atom. The summed E-state index contributed by atoms with van der Waals surface area (Å²) in [6, 6.07) is 19.8. The van der Waals surface area contributed by atoms with Crippen molar-refractivity contribution in [3.63, 3.8) is 0 Å². The molecule has 0 amide bonds. The van der Waals surface area contributed by atoms with Gasteiger partial charge in [-0.1, -0.05) is 18.1 Å². The molecule has 0 unspecified atom stereocenters. The van der Waals surface area contributed by atoms with Crippen LogP contribution in [0.2, 0.25) is 0 Å². The number of nitrogens with one attached hydrogen (secondary N) is 2. The van der Waals surface area contributed by atoms with Crippen LogP contribution in [-0.4, -0.2) is 57.0 Å². The van der Waals surface area contributed by atoms with Gasteiger partial charge in [0.2, 0.25) is 0 Å². The summed E-state index contributed by atoms with van der Waals surface area (Å²) in [5.74, 6) is 8.05. The number of hydrogen-bond donors (Lipinski definition) is 2. The number of fused-ring (bicyclic) bond motifs is 1. The van der Waals surface area contributed by atoms with Gasteiger partial charge in [0.1, 0.15) is 11.6 Å². The van der Waals surface area contributed by atoms with Gasteiger partial charge in [0.15, 0.2) is 9.84 Å². The average Bonchev–Trinajstić information content (AvgIpc) is 3.34. The van der Waals surface area contributed by atoms with Crippen molar-refractivity contribution < 1.29 is 13.2 Å². The van der Waals surface area contributed by atoms with Gasteiger partial charge in [-0.15, -0.1) is 0 Å². The first-order valence-corrected chi connectivity index (χ1v) is 15.4. The number of nitrogens with zero attached hydrogens (tertiary/aromatic N) is 3. The normalized spacial score (nSPS) is 14.0. The van der Waals surface area contributed by atoms with Gasteiger partial charge in [-0.25, -0.2) is 13.4 Å². The van der Waals surface area contributed by atoms with Crippen molar-refractivity contribution in [2.45, 2.75) is 37.2 Å². The molecule has 1 fully saturated rings. The minimum absolute atomic E-state index is 0.219. The monoisotopic (exact) mass is 557 g/mol. The highest BCUT2D eigenvalue weighted by atomic mass is 32.2. The molecule has 0 bridgehead atoms. The Kier molecular flexibility index (Phi) is 8.17. The largest absolute Gasteiger partial charge is 0.495 e. The lowest BCUT2D eigenvalue weighted by Gasteiger charge is -2.33. The number of benzene rings is 2. The van der Waals surface area contributed by atoms with Gasteiger partial charge in [0.05, 0.1) is 35.4 Å². The van der Waals surface area contributed by atoms with E-state index in [-0.39, 0.29) is 4.90 Å². The van der Waals surface area contributed by atoms with E-state index < -0.39 is 9.84 Å². The third kappa shape index (κ3) is 6.02. The first-order chi connectivity index (χ1) is 19.4. The molecular formula is C31H35N5O3S. The van der Waals surface area contributed by atoms with E-state index in [0.29, 0.717) is 24.0 Å². The molecule has 40 heavy (non-hydrogen) atoms. The van der Waals surface area contributed by atoms with Crippen LogP contribution in [0.4, 0.5) is 17.2 Å². The SMILES string of the molecule is CCn1c(C#CCNc2ccc(S(C)(=O)=O)cc2OC)cc2c(NC3CCN(c4ccccn4)CC3)cccc21. The molecule has 0 aliphatic carbocycles. The van der Waals surface area contributed by atoms with Crippen molar-refractivity contribution in [2.75, 3.05) is 48.5 Å². The molecule has 9 heteroatoms. The fourth-order valence-electron chi connectivity index (χ4n) is 5.19. The van der Waals surface area contributed by atoms with Crippen molar-refractivity contribution in [2.24, 2.45) is 0 Å². The second kappa shape index (κ2) is 11.9. The summed E-state index contributed by atoms with van der Waals surface area (Å²) in [5.41, 5.74) is 3.95. The predicted octanol–water partition coefficient (Wildman–Crippen LogP) is 5.01. The van der Waals surface area contributed by atoms with E-state index in [2.05, 4.69) is 74.2 Å². The number of anilines is 3. The Morgan fingerprint density at radius 2 is 1.88 bits per heavy atom. The van der Waals surface area contributed by atoms with Crippen molar-refractivity contribution in [1.82, 2.24) is 9.55 Å². The quantitative estimate of drug-likeness (QED) is 0.294. The Labute approximate surface area is 236 Å². The Morgan fingerprint density at radius 3 is 2.58 bits per heavy atom. The number of methoxy groups -OCH3 is 1. The lowest BCUT2D eigenvalue weighted by molar-refractivity contribution is 0.415. The third-order valence-corrected chi connectivity index (χ3v) is 8.38. The van der Waals surface area contributed by atoms with Crippen molar-refractivity contribution >= 4 is 37.9 Å². The van der Waals surface area contributed by atoms with Gasteiger partial charge >= 0.3 is 0 Å². The summed E-state index contributed by atoms with van der Waals surface area (Å²) in [7, 11) is -1.79. The second-order valence-corrected chi connectivity index (χ2v) is 11.9. The van der Waals surface area contributed by atoms with Crippen LogP contribution in [0, 0.1) is 11.8 Å². The van der Waals surface area contributed by atoms with Crippen molar-refractivity contribution in [3.05, 3.63) is 72.6 Å². The maximum absolute atomic E-state index is 11.9. The van der Waals surface area contributed by atoms with Crippen LogP contribution in [0.5, 0.6) is 5.75 Å². The van der Waals surface area contributed by atoms with Gasteiger partial charge in [-0.3, -0.25) is 0 Å². The van der Waals surface area contributed by atoms with Crippen molar-refractivity contribution in [3.8, 4) is 17.6 Å². The highest BCUT2D eigenvalue weighted by Crippen LogP contribution is 2.30. The number of pyridine rings is 1. The number of ether oxygens (including phenoxy) is 1. The summed E-state index contributed by atoms with van der Waals surface area (Å²) >= 11 is 0. The number of sulfone groups is 1. The highest BCUT2D eigenvalue weighted by molar-refractivity contribution is 7.90. The highest BCUT2D eigenvalue weighted by Gasteiger charge is 2.21. The molecule has 2 aromatic heterocycles. The van der Waals surface area contributed by atoms with Gasteiger partial charge in [0.25, 0.3) is 0 Å². The Hall–Kier alpha value is -4.16. The lowest BCUT2D eigenvalue weighted by atomic mass is 10.0. The smallest absolute Gasteiger partial charge is 0.175 e. The van der Waals surface area contributed by atoms with Gasteiger partial charge in [-0.2, -0.15) is 0 Å². The number of aromatic nitrogens is 2. The predicted molar refractivity (Wildman–Crippen MR) is 162 cm³/mol. The molecule has 2 N–H and O–H groups in total. The fourth-order valence-corrected chi connectivity index (χ4v) is 5.83. The number of hydrogen-bond acceptors (Lipinski definition) is 7. The van der Waals surface area contributed by atoms with E-state index >= 15 is 0 Å². The number of rotatable bonds is 8. The fraction of sp³-hybridized carbons (Fsp3) is 0.323. The zero-order valence-electron chi connectivity index (χ0n) is 23.1. The molecule has 1 aliphatic rings. The molecule has 3 heterocycles. The molecule has 0 atom stereocenters. The van der Waals surface area contributed by atoms with E-state index in [9.17, 15) is 8.42 Å². The first-order valence-electron chi connectivity index (χ1n) is 13.5. The molecule has 1 saturated heterocycles. The first kappa shape index (κ1) is 27.4. The van der Waals surface area contributed by atoms with E-state index in [1.165, 1.54) is 24.8 Å². The molecule has 8 nitrogen and oxygen atoms in total. The average molecular weight is 558 g/mol. The molecular weight excluding hydrogens is 522 g/mol. The Balaban J connectivity index is 1.28. The van der Waals surface area contributed by atoms with Crippen LogP contribution in [0.1, 0.15) is 25.5 Å². The summed E-state index contributed by atoms with van der Waals surface area (Å²) in [6.07, 6.45) is 5.13.